The van der Waals surface area contributed by atoms with Crippen molar-refractivity contribution in [3.05, 3.63) is 102 Å². The fraction of sp³-hybridized carbons (Fsp3) is 0.468. The van der Waals surface area contributed by atoms with E-state index in [4.69, 9.17) is 14.0 Å². The Morgan fingerprint density at radius 3 is 2.07 bits per heavy atom. The van der Waals surface area contributed by atoms with E-state index in [1.165, 1.54) is 71.0 Å². The lowest BCUT2D eigenvalue weighted by Crippen LogP contribution is -3.00. The van der Waals surface area contributed by atoms with Crippen LogP contribution in [0.5, 0.6) is 0 Å². The van der Waals surface area contributed by atoms with Crippen LogP contribution in [0.25, 0.3) is 11.3 Å². The van der Waals surface area contributed by atoms with Gasteiger partial charge in [-0.05, 0) is 27.2 Å². The third-order valence-corrected chi connectivity index (χ3v) is 14.3. The van der Waals surface area contributed by atoms with E-state index in [2.05, 4.69) is 41.6 Å². The smallest absolute Gasteiger partial charge is 0.311 e. The topological polar surface area (TPSA) is 153 Å². The van der Waals surface area contributed by atoms with Gasteiger partial charge in [0.1, 0.15) is 5.69 Å². The summed E-state index contributed by atoms with van der Waals surface area (Å²) in [5, 5.41) is 11.2. The number of esters is 1. The summed E-state index contributed by atoms with van der Waals surface area (Å²) in [6, 6.07) is 11.5. The molecule has 1 saturated heterocycles. The molecule has 0 bridgehead atoms. The van der Waals surface area contributed by atoms with Gasteiger partial charge in [-0.15, -0.1) is 11.3 Å². The van der Waals surface area contributed by atoms with Gasteiger partial charge >= 0.3 is 5.97 Å². The summed E-state index contributed by atoms with van der Waals surface area (Å²) >= 11 is 6.24. The molecular weight excluding hydrogens is 1100 g/mol. The zero-order chi connectivity index (χ0) is 46.6. The first-order valence-electron chi connectivity index (χ1n) is 22.1. The van der Waals surface area contributed by atoms with E-state index in [1.54, 1.807) is 52.4 Å². The Morgan fingerprint density at radius 1 is 0.794 bits per heavy atom. The largest absolute Gasteiger partial charge is 1.00 e. The number of ether oxygens (including phenoxy) is 2. The second kappa shape index (κ2) is 32.2. The van der Waals surface area contributed by atoms with Gasteiger partial charge in [0, 0.05) is 50.4 Å². The number of nitrogens with zero attached hydrogens (tertiary/aromatic N) is 6. The molecule has 1 fully saturated rings. The molecule has 14 nitrogen and oxygen atoms in total. The molecule has 6 aromatic rings. The molecule has 0 atom stereocenters. The number of carbonyl (C=O) groups excluding carboxylic acids is 4. The Bertz CT molecular complexity index is 2430. The Hall–Kier alpha value is -3.76. The van der Waals surface area contributed by atoms with Gasteiger partial charge in [-0.2, -0.15) is 13.7 Å². The lowest BCUT2D eigenvalue weighted by Gasteiger charge is -2.25. The number of ketones is 1. The van der Waals surface area contributed by atoms with Gasteiger partial charge in [-0.25, -0.2) is 4.98 Å². The van der Waals surface area contributed by atoms with E-state index in [-0.39, 0.29) is 82.9 Å². The zero-order valence-electron chi connectivity index (χ0n) is 39.5. The van der Waals surface area contributed by atoms with Crippen LogP contribution >= 0.6 is 45.3 Å². The number of aromatic nitrogens is 5. The Balaban J connectivity index is 0.000000353. The molecular formula is C47H62Br2ClN7O7S4. The van der Waals surface area contributed by atoms with Crippen molar-refractivity contribution in [1.82, 2.24) is 15.0 Å². The standard InChI is InChI=1S/C22H27N2O2S.C14H17N3O3S2.C11H17N2O2S.2BrH.ClH/c1-2-3-4-5-6-10-13-19-16-27-17-24(19)15-21(25)22-14-20(23-26-22)18-11-8-7-9-12-18;1-4-20-13(19)5-11-7-21-14(15-11)16-12(18)6-17-8-22-10(3)9(17)2;1-9-10(2)16-8-13(9)7-11(14)12-3-5-15-6-4-12;;;/h7-9,11-12,14,16-17H,2-6,10,13,15H2,1H3;7-8H,4-6H2,1-3H3;8H,3-7H2,1-2H3;3*1H/q+1;;+1;;;/p-2. The van der Waals surface area contributed by atoms with Crippen LogP contribution in [0.4, 0.5) is 5.13 Å². The number of hydrogen-bond acceptors (Lipinski definition) is 13. The van der Waals surface area contributed by atoms with Crippen molar-refractivity contribution >= 4 is 74.0 Å². The van der Waals surface area contributed by atoms with Gasteiger partial charge in [0.15, 0.2) is 22.2 Å². The molecule has 0 aliphatic carbocycles. The summed E-state index contributed by atoms with van der Waals surface area (Å²) in [6.07, 6.45) is 8.81. The first kappa shape index (κ1) is 60.4. The maximum Gasteiger partial charge on any atom is 0.311 e. The molecule has 5 aromatic heterocycles. The van der Waals surface area contributed by atoms with Crippen molar-refractivity contribution in [2.24, 2.45) is 0 Å². The molecule has 0 radical (unpaired) electrons. The third kappa shape index (κ3) is 19.6. The fourth-order valence-electron chi connectivity index (χ4n) is 6.64. The van der Waals surface area contributed by atoms with Crippen LogP contribution in [-0.4, -0.2) is 71.5 Å². The first-order valence-corrected chi connectivity index (χ1v) is 25.7. The molecule has 372 valence electrons. The number of rotatable bonds is 19. The highest BCUT2D eigenvalue weighted by molar-refractivity contribution is 7.14. The number of anilines is 1. The number of Topliss-reactive ketones (excluding diaryl/α,β-unsaturated/α-hetero) is 1. The van der Waals surface area contributed by atoms with Crippen LogP contribution in [-0.2, 0) is 56.3 Å². The summed E-state index contributed by atoms with van der Waals surface area (Å²) in [4.78, 5) is 56.6. The van der Waals surface area contributed by atoms with Crippen molar-refractivity contribution in [2.75, 3.05) is 38.2 Å². The number of nitrogens with one attached hydrogen (secondary N) is 1. The monoisotopic (exact) mass is 1160 g/mol. The highest BCUT2D eigenvalue weighted by atomic mass is 79.9. The van der Waals surface area contributed by atoms with E-state index in [1.807, 2.05) is 79.3 Å². The first-order chi connectivity index (χ1) is 31.4. The molecule has 68 heavy (non-hydrogen) atoms. The Labute approximate surface area is 443 Å². The van der Waals surface area contributed by atoms with Crippen LogP contribution < -0.4 is 65.4 Å². The molecule has 1 aliphatic rings. The fourth-order valence-corrected chi connectivity index (χ4v) is 9.80. The molecule has 0 saturated carbocycles. The van der Waals surface area contributed by atoms with Gasteiger partial charge in [-0.3, -0.25) is 24.5 Å². The number of carbonyl (C=O) groups is 4. The number of halogens is 3. The number of hydrogen-bond donors (Lipinski definition) is 1. The Kier molecular flexibility index (Phi) is 28.6. The van der Waals surface area contributed by atoms with E-state index in [0.29, 0.717) is 55.2 Å². The molecule has 21 heteroatoms. The van der Waals surface area contributed by atoms with Crippen molar-refractivity contribution in [3.8, 4) is 11.3 Å². The average Bonchev–Trinajstić information content (AvgIpc) is 4.17. The predicted octanol–water partition coefficient (Wildman–Crippen LogP) is -1.15. The molecule has 7 rings (SSSR count). The predicted molar refractivity (Wildman–Crippen MR) is 254 cm³/mol. The van der Waals surface area contributed by atoms with Gasteiger partial charge in [0.25, 0.3) is 17.6 Å². The van der Waals surface area contributed by atoms with E-state index in [9.17, 15) is 19.2 Å². The summed E-state index contributed by atoms with van der Waals surface area (Å²) in [6.45, 7) is 16.3. The third-order valence-electron chi connectivity index (χ3n) is 10.7. The lowest BCUT2D eigenvalue weighted by molar-refractivity contribution is -0.686. The molecule has 0 spiro atoms. The summed E-state index contributed by atoms with van der Waals surface area (Å²) in [7, 11) is 0. The van der Waals surface area contributed by atoms with Crippen molar-refractivity contribution in [1.29, 1.82) is 0 Å². The number of unbranched alkanes of at least 4 members (excludes halogenated alkanes) is 5. The van der Waals surface area contributed by atoms with E-state index in [0.717, 1.165) is 30.8 Å². The second-order valence-electron chi connectivity index (χ2n) is 15.5. The minimum absolute atomic E-state index is 0. The van der Waals surface area contributed by atoms with Gasteiger partial charge in [0.05, 0.1) is 47.1 Å². The number of morpholine rings is 1. The lowest BCUT2D eigenvalue weighted by atomic mass is 10.1. The maximum atomic E-state index is 12.6. The highest BCUT2D eigenvalue weighted by Gasteiger charge is 2.24. The quantitative estimate of drug-likeness (QED) is 0.0460. The Morgan fingerprint density at radius 2 is 1.44 bits per heavy atom. The van der Waals surface area contributed by atoms with Gasteiger partial charge in [0.2, 0.25) is 41.9 Å². The molecule has 1 aromatic carbocycles. The SMILES string of the molecule is CCCCCCCCc1csc[n+]1CC(=O)c1cc(-c2ccccc2)no1.CCOC(=O)Cc1csc(NC(=O)C[n+]2csc(C)c2C)n1.Cc1sc[n+](CC(=O)N2CCOCC2)c1C.[Br-].[Br-].[Cl-]. The summed E-state index contributed by atoms with van der Waals surface area (Å²) in [5.74, 6) is 0.0121. The number of thiazole rings is 4. The van der Waals surface area contributed by atoms with E-state index >= 15 is 0 Å². The van der Waals surface area contributed by atoms with Gasteiger partial charge in [-0.1, -0.05) is 109 Å². The number of aryl methyl sites for hydroxylation is 3. The maximum absolute atomic E-state index is 12.6. The van der Waals surface area contributed by atoms with Crippen molar-refractivity contribution < 1.29 is 93.2 Å². The molecule has 1 N–H and O–H groups in total. The molecule has 0 unspecified atom stereocenters. The van der Waals surface area contributed by atoms with Crippen LogP contribution in [0.1, 0.15) is 95.5 Å². The number of amides is 2. The normalized spacial score (nSPS) is 11.6. The molecule has 6 heterocycles. The van der Waals surface area contributed by atoms with Crippen LogP contribution in [0.3, 0.4) is 0 Å². The van der Waals surface area contributed by atoms with Gasteiger partial charge < -0.3 is 65.3 Å². The van der Waals surface area contributed by atoms with Crippen LogP contribution in [0.2, 0.25) is 0 Å². The van der Waals surface area contributed by atoms with Crippen LogP contribution in [0, 0.1) is 27.7 Å². The zero-order valence-corrected chi connectivity index (χ0v) is 46.7. The highest BCUT2D eigenvalue weighted by Crippen LogP contribution is 2.20. The minimum atomic E-state index is -0.314. The number of benzene rings is 1. The average molecular weight is 1160 g/mol. The molecule has 1 aliphatic heterocycles. The summed E-state index contributed by atoms with van der Waals surface area (Å²) in [5.41, 5.74) is 11.7. The van der Waals surface area contributed by atoms with Crippen molar-refractivity contribution in [2.45, 2.75) is 113 Å². The molecule has 2 amide bonds. The second-order valence-corrected chi connectivity index (χ2v) is 19.2. The van der Waals surface area contributed by atoms with Crippen LogP contribution in [0.15, 0.2) is 68.2 Å². The summed E-state index contributed by atoms with van der Waals surface area (Å²) < 4.78 is 21.4. The van der Waals surface area contributed by atoms with Crippen molar-refractivity contribution in [3.63, 3.8) is 0 Å². The minimum Gasteiger partial charge on any atom is -1.00 e. The van der Waals surface area contributed by atoms with E-state index < -0.39 is 0 Å².